The van der Waals surface area contributed by atoms with Gasteiger partial charge in [-0.3, -0.25) is 0 Å². The monoisotopic (exact) mass is 679 g/mol. The van der Waals surface area contributed by atoms with E-state index in [1.165, 1.54) is 58.1 Å². The average molecular weight is 680 g/mol. The van der Waals surface area contributed by atoms with E-state index in [0.717, 1.165) is 45.0 Å². The molecule has 3 nitrogen and oxygen atoms in total. The first-order chi connectivity index (χ1) is 25.8. The normalized spacial score (nSPS) is 11.8. The summed E-state index contributed by atoms with van der Waals surface area (Å²) in [6.45, 7) is 0. The van der Waals surface area contributed by atoms with E-state index in [9.17, 15) is 0 Å². The number of hydrogen-bond acceptors (Lipinski definition) is 3. The Balaban J connectivity index is 1.21. The van der Waals surface area contributed by atoms with Crippen molar-refractivity contribution in [3.8, 4) is 39.6 Å². The van der Waals surface area contributed by atoms with Crippen LogP contribution in [0.1, 0.15) is 0 Å². The quantitative estimate of drug-likeness (QED) is 0.173. The zero-order chi connectivity index (χ0) is 34.2. The third kappa shape index (κ3) is 4.38. The van der Waals surface area contributed by atoms with Gasteiger partial charge in [-0.15, -0.1) is 11.3 Å². The Bertz CT molecular complexity index is 3180. The second kappa shape index (κ2) is 11.5. The summed E-state index contributed by atoms with van der Waals surface area (Å²) < 4.78 is 4.93. The van der Waals surface area contributed by atoms with Crippen LogP contribution < -0.4 is 0 Å². The zero-order valence-corrected chi connectivity index (χ0v) is 28.8. The molecule has 0 saturated heterocycles. The van der Waals surface area contributed by atoms with Gasteiger partial charge >= 0.3 is 0 Å². The minimum absolute atomic E-state index is 0.725. The highest BCUT2D eigenvalue weighted by molar-refractivity contribution is 7.27. The van der Waals surface area contributed by atoms with Crippen LogP contribution >= 0.6 is 11.3 Å². The Labute approximate surface area is 303 Å². The fourth-order valence-corrected chi connectivity index (χ4v) is 9.41. The van der Waals surface area contributed by atoms with E-state index in [0.29, 0.717) is 0 Å². The highest BCUT2D eigenvalue weighted by atomic mass is 32.1. The molecular weight excluding hydrogens is 651 g/mol. The van der Waals surface area contributed by atoms with Gasteiger partial charge in [-0.2, -0.15) is 0 Å². The molecule has 3 heterocycles. The second-order valence-corrected chi connectivity index (χ2v) is 14.4. The number of para-hydroxylation sites is 2. The molecule has 0 fully saturated rings. The summed E-state index contributed by atoms with van der Waals surface area (Å²) >= 11 is 1.86. The SMILES string of the molecule is c1ccc(-c2cc(-c3cccc4c3sc3c4ccc4c5ccccc5n(-c5ccccc5)c43)nc(-c3cc4ccccc4c4ccccc34)n2)cc1. The first-order valence-electron chi connectivity index (χ1n) is 17.6. The number of benzene rings is 8. The molecule has 0 amide bonds. The van der Waals surface area contributed by atoms with Crippen LogP contribution in [0.2, 0.25) is 0 Å². The molecule has 0 atom stereocenters. The molecule has 0 bridgehead atoms. The summed E-state index contributed by atoms with van der Waals surface area (Å²) in [6, 6.07) is 62.8. The van der Waals surface area contributed by atoms with Crippen LogP contribution in [-0.2, 0) is 0 Å². The molecule has 0 N–H and O–H groups in total. The van der Waals surface area contributed by atoms with Gasteiger partial charge in [0.2, 0.25) is 0 Å². The van der Waals surface area contributed by atoms with Crippen molar-refractivity contribution in [3.05, 3.63) is 176 Å². The molecule has 0 saturated carbocycles. The topological polar surface area (TPSA) is 30.7 Å². The maximum atomic E-state index is 5.43. The molecular formula is C48H29N3S. The van der Waals surface area contributed by atoms with Gasteiger partial charge in [0.05, 0.1) is 27.1 Å². The minimum Gasteiger partial charge on any atom is -0.308 e. The first kappa shape index (κ1) is 29.1. The van der Waals surface area contributed by atoms with Gasteiger partial charge < -0.3 is 4.57 Å². The summed E-state index contributed by atoms with van der Waals surface area (Å²) in [6.07, 6.45) is 0. The molecule has 242 valence electrons. The molecule has 3 aromatic heterocycles. The number of thiophene rings is 1. The van der Waals surface area contributed by atoms with E-state index in [1.807, 2.05) is 11.3 Å². The van der Waals surface area contributed by atoms with E-state index < -0.39 is 0 Å². The van der Waals surface area contributed by atoms with Gasteiger partial charge in [0.1, 0.15) is 0 Å². The van der Waals surface area contributed by atoms with Crippen molar-refractivity contribution in [1.82, 2.24) is 14.5 Å². The Morgan fingerprint density at radius 3 is 1.88 bits per heavy atom. The van der Waals surface area contributed by atoms with Crippen LogP contribution in [0.25, 0.3) is 103 Å². The van der Waals surface area contributed by atoms with Crippen molar-refractivity contribution in [2.45, 2.75) is 0 Å². The van der Waals surface area contributed by atoms with Crippen LogP contribution in [0.3, 0.4) is 0 Å². The van der Waals surface area contributed by atoms with E-state index in [1.54, 1.807) is 0 Å². The molecule has 0 aliphatic carbocycles. The summed E-state index contributed by atoms with van der Waals surface area (Å²) in [5, 5.41) is 9.78. The predicted octanol–water partition coefficient (Wildman–Crippen LogP) is 13.2. The van der Waals surface area contributed by atoms with Crippen molar-refractivity contribution in [2.75, 3.05) is 0 Å². The molecule has 52 heavy (non-hydrogen) atoms. The summed E-state index contributed by atoms with van der Waals surface area (Å²) in [4.78, 5) is 10.7. The smallest absolute Gasteiger partial charge is 0.161 e. The Morgan fingerprint density at radius 1 is 0.404 bits per heavy atom. The van der Waals surface area contributed by atoms with Crippen LogP contribution in [0.5, 0.6) is 0 Å². The Kier molecular flexibility index (Phi) is 6.42. The van der Waals surface area contributed by atoms with Gasteiger partial charge in [-0.25, -0.2) is 9.97 Å². The molecule has 4 heteroatoms. The van der Waals surface area contributed by atoms with Gasteiger partial charge in [0.15, 0.2) is 5.82 Å². The van der Waals surface area contributed by atoms with Gasteiger partial charge in [-0.05, 0) is 51.9 Å². The lowest BCUT2D eigenvalue weighted by atomic mass is 9.96. The fourth-order valence-electron chi connectivity index (χ4n) is 8.05. The highest BCUT2D eigenvalue weighted by Gasteiger charge is 2.21. The lowest BCUT2D eigenvalue weighted by Gasteiger charge is -2.13. The lowest BCUT2D eigenvalue weighted by molar-refractivity contribution is 1.19. The van der Waals surface area contributed by atoms with E-state index in [2.05, 4.69) is 180 Å². The number of rotatable bonds is 4. The third-order valence-corrected chi connectivity index (χ3v) is 11.7. The van der Waals surface area contributed by atoms with Crippen LogP contribution in [0, 0.1) is 0 Å². The largest absolute Gasteiger partial charge is 0.308 e. The first-order valence-corrected chi connectivity index (χ1v) is 18.4. The van der Waals surface area contributed by atoms with E-state index in [4.69, 9.17) is 9.97 Å². The van der Waals surface area contributed by atoms with Crippen molar-refractivity contribution >= 4 is 74.9 Å². The van der Waals surface area contributed by atoms with Crippen molar-refractivity contribution in [2.24, 2.45) is 0 Å². The van der Waals surface area contributed by atoms with Gasteiger partial charge in [0, 0.05) is 48.6 Å². The van der Waals surface area contributed by atoms with Crippen molar-refractivity contribution in [1.29, 1.82) is 0 Å². The number of nitrogens with zero attached hydrogens (tertiary/aromatic N) is 3. The summed E-state index contributed by atoms with van der Waals surface area (Å²) in [5.74, 6) is 0.725. The van der Waals surface area contributed by atoms with Crippen molar-refractivity contribution in [3.63, 3.8) is 0 Å². The predicted molar refractivity (Wildman–Crippen MR) is 221 cm³/mol. The minimum atomic E-state index is 0.725. The summed E-state index contributed by atoms with van der Waals surface area (Å²) in [5.41, 5.74) is 8.65. The van der Waals surface area contributed by atoms with Crippen LogP contribution in [0.4, 0.5) is 0 Å². The summed E-state index contributed by atoms with van der Waals surface area (Å²) in [7, 11) is 0. The Hall–Kier alpha value is -6.62. The maximum Gasteiger partial charge on any atom is 0.161 e. The van der Waals surface area contributed by atoms with E-state index in [-0.39, 0.29) is 0 Å². The standard InChI is InChI=1S/C48H29N3S/c1-3-14-30(15-4-1)42-29-43(50-48(49-42)41-28-31-16-7-8-19-33(31)34-20-9-10-21-35(34)41)40-24-13-23-38-39-27-26-37-36-22-11-12-25-44(36)51(32-17-5-2-6-18-32)45(37)47(39)52-46(38)40/h1-29H. The van der Waals surface area contributed by atoms with Gasteiger partial charge in [-0.1, -0.05) is 146 Å². The molecule has 0 unspecified atom stereocenters. The Morgan fingerprint density at radius 2 is 1.04 bits per heavy atom. The molecule has 11 aromatic rings. The lowest BCUT2D eigenvalue weighted by Crippen LogP contribution is -1.97. The average Bonchev–Trinajstić information content (AvgIpc) is 3.77. The highest BCUT2D eigenvalue weighted by Crippen LogP contribution is 2.46. The maximum absolute atomic E-state index is 5.43. The molecule has 0 aliphatic heterocycles. The van der Waals surface area contributed by atoms with Crippen LogP contribution in [-0.4, -0.2) is 14.5 Å². The number of aromatic nitrogens is 3. The molecule has 0 spiro atoms. The molecule has 11 rings (SSSR count). The van der Waals surface area contributed by atoms with Gasteiger partial charge in [0.25, 0.3) is 0 Å². The van der Waals surface area contributed by atoms with Crippen LogP contribution in [0.15, 0.2) is 176 Å². The van der Waals surface area contributed by atoms with Crippen molar-refractivity contribution < 1.29 is 0 Å². The fraction of sp³-hybridized carbons (Fsp3) is 0. The molecule has 0 aliphatic rings. The number of hydrogen-bond donors (Lipinski definition) is 0. The second-order valence-electron chi connectivity index (χ2n) is 13.3. The third-order valence-electron chi connectivity index (χ3n) is 10.4. The van der Waals surface area contributed by atoms with E-state index >= 15 is 0 Å². The molecule has 8 aromatic carbocycles. The number of fused-ring (bicyclic) bond motifs is 10. The zero-order valence-electron chi connectivity index (χ0n) is 28.0. The molecule has 0 radical (unpaired) electrons.